The molecule has 0 spiro atoms. The Morgan fingerprint density at radius 1 is 1.08 bits per heavy atom. The second-order valence-electron chi connectivity index (χ2n) is 6.43. The van der Waals surface area contributed by atoms with E-state index in [2.05, 4.69) is 10.6 Å². The molecule has 26 heavy (non-hydrogen) atoms. The number of nitrogens with two attached hydrogens (primary N) is 1. The molecule has 4 unspecified atom stereocenters. The molecule has 8 heteroatoms. The van der Waals surface area contributed by atoms with Gasteiger partial charge >= 0.3 is 5.97 Å². The highest BCUT2D eigenvalue weighted by Crippen LogP contribution is 2.13. The first kappa shape index (κ1) is 21.4. The van der Waals surface area contributed by atoms with E-state index in [1.54, 1.807) is 19.1 Å². The number of phenols is 1. The van der Waals surface area contributed by atoms with Gasteiger partial charge in [-0.25, -0.2) is 4.79 Å². The maximum Gasteiger partial charge on any atom is 0.326 e. The van der Waals surface area contributed by atoms with E-state index in [4.69, 9.17) is 5.73 Å². The third-order valence-corrected chi connectivity index (χ3v) is 4.20. The van der Waals surface area contributed by atoms with Crippen molar-refractivity contribution in [3.8, 4) is 5.75 Å². The Hall–Kier alpha value is -2.61. The Morgan fingerprint density at radius 2 is 1.65 bits per heavy atom. The van der Waals surface area contributed by atoms with Crippen molar-refractivity contribution in [3.05, 3.63) is 29.8 Å². The van der Waals surface area contributed by atoms with Gasteiger partial charge in [-0.2, -0.15) is 0 Å². The van der Waals surface area contributed by atoms with Crippen LogP contribution in [0.1, 0.15) is 32.8 Å². The third kappa shape index (κ3) is 6.36. The summed E-state index contributed by atoms with van der Waals surface area (Å²) < 4.78 is 0. The molecule has 0 bridgehead atoms. The Labute approximate surface area is 152 Å². The number of amides is 2. The van der Waals surface area contributed by atoms with E-state index in [9.17, 15) is 24.6 Å². The summed E-state index contributed by atoms with van der Waals surface area (Å²) in [5.74, 6) is -2.36. The van der Waals surface area contributed by atoms with Crippen LogP contribution in [0.15, 0.2) is 24.3 Å². The standard InChI is InChI=1S/C18H27N3O5/c1-4-10(2)15(21-16(23)11(3)19)17(24)20-14(18(25)26)9-12-5-7-13(22)8-6-12/h5-8,10-11,14-15,22H,4,9,19H2,1-3H3,(H,20,24)(H,21,23)(H,25,26). The summed E-state index contributed by atoms with van der Waals surface area (Å²) in [7, 11) is 0. The summed E-state index contributed by atoms with van der Waals surface area (Å²) in [6.07, 6.45) is 0.669. The van der Waals surface area contributed by atoms with E-state index < -0.39 is 35.9 Å². The Balaban J connectivity index is 2.88. The maximum absolute atomic E-state index is 12.6. The van der Waals surface area contributed by atoms with Crippen molar-refractivity contribution in [2.75, 3.05) is 0 Å². The zero-order chi connectivity index (χ0) is 19.9. The van der Waals surface area contributed by atoms with Crippen LogP contribution in [0.4, 0.5) is 0 Å². The molecule has 0 radical (unpaired) electrons. The maximum atomic E-state index is 12.6. The van der Waals surface area contributed by atoms with Crippen LogP contribution in [-0.2, 0) is 20.8 Å². The molecular weight excluding hydrogens is 338 g/mol. The van der Waals surface area contributed by atoms with E-state index in [1.165, 1.54) is 19.1 Å². The summed E-state index contributed by atoms with van der Waals surface area (Å²) in [6.45, 7) is 5.17. The lowest BCUT2D eigenvalue weighted by molar-refractivity contribution is -0.142. The second kappa shape index (κ2) is 9.76. The van der Waals surface area contributed by atoms with Gasteiger partial charge in [0.25, 0.3) is 0 Å². The van der Waals surface area contributed by atoms with Crippen molar-refractivity contribution < 1.29 is 24.6 Å². The first-order chi connectivity index (χ1) is 12.1. The molecular formula is C18H27N3O5. The lowest BCUT2D eigenvalue weighted by Gasteiger charge is -2.26. The number of carbonyl (C=O) groups is 3. The molecule has 0 aliphatic carbocycles. The number of nitrogens with one attached hydrogen (secondary N) is 2. The molecule has 8 nitrogen and oxygen atoms in total. The molecule has 0 aliphatic heterocycles. The molecule has 0 saturated heterocycles. The first-order valence-electron chi connectivity index (χ1n) is 8.52. The lowest BCUT2D eigenvalue weighted by atomic mass is 9.97. The molecule has 0 saturated carbocycles. The quantitative estimate of drug-likeness (QED) is 0.428. The molecule has 0 heterocycles. The average Bonchev–Trinajstić information content (AvgIpc) is 2.59. The highest BCUT2D eigenvalue weighted by atomic mass is 16.4. The van der Waals surface area contributed by atoms with Crippen LogP contribution in [-0.4, -0.2) is 46.1 Å². The number of benzene rings is 1. The summed E-state index contributed by atoms with van der Waals surface area (Å²) in [6, 6.07) is 3.25. The van der Waals surface area contributed by atoms with Crippen molar-refractivity contribution in [2.24, 2.45) is 11.7 Å². The number of aromatic hydroxyl groups is 1. The van der Waals surface area contributed by atoms with Crippen LogP contribution in [0.3, 0.4) is 0 Å². The molecule has 0 aliphatic rings. The highest BCUT2D eigenvalue weighted by Gasteiger charge is 2.30. The van der Waals surface area contributed by atoms with Gasteiger partial charge in [-0.05, 0) is 30.5 Å². The molecule has 4 atom stereocenters. The molecule has 6 N–H and O–H groups in total. The fraction of sp³-hybridized carbons (Fsp3) is 0.500. The molecule has 1 aromatic carbocycles. The van der Waals surface area contributed by atoms with E-state index >= 15 is 0 Å². The fourth-order valence-electron chi connectivity index (χ4n) is 2.32. The summed E-state index contributed by atoms with van der Waals surface area (Å²) in [4.78, 5) is 36.0. The number of carbonyl (C=O) groups excluding carboxylic acids is 2. The van der Waals surface area contributed by atoms with E-state index in [-0.39, 0.29) is 18.1 Å². The summed E-state index contributed by atoms with van der Waals surface area (Å²) >= 11 is 0. The van der Waals surface area contributed by atoms with Crippen LogP contribution in [0.5, 0.6) is 5.75 Å². The Morgan fingerprint density at radius 3 is 2.12 bits per heavy atom. The van der Waals surface area contributed by atoms with Crippen LogP contribution >= 0.6 is 0 Å². The molecule has 1 rings (SSSR count). The largest absolute Gasteiger partial charge is 0.508 e. The van der Waals surface area contributed by atoms with Crippen molar-refractivity contribution >= 4 is 17.8 Å². The van der Waals surface area contributed by atoms with Gasteiger partial charge in [-0.1, -0.05) is 32.4 Å². The second-order valence-corrected chi connectivity index (χ2v) is 6.43. The van der Waals surface area contributed by atoms with Gasteiger partial charge in [-0.3, -0.25) is 9.59 Å². The third-order valence-electron chi connectivity index (χ3n) is 4.20. The number of hydrogen-bond donors (Lipinski definition) is 5. The van der Waals surface area contributed by atoms with Gasteiger partial charge in [0.05, 0.1) is 6.04 Å². The minimum Gasteiger partial charge on any atom is -0.508 e. The topological polar surface area (TPSA) is 142 Å². The molecule has 2 amide bonds. The van der Waals surface area contributed by atoms with Gasteiger partial charge in [0.15, 0.2) is 0 Å². The summed E-state index contributed by atoms with van der Waals surface area (Å²) in [5.41, 5.74) is 6.18. The van der Waals surface area contributed by atoms with Crippen molar-refractivity contribution in [1.82, 2.24) is 10.6 Å². The van der Waals surface area contributed by atoms with Crippen molar-refractivity contribution in [1.29, 1.82) is 0 Å². The van der Waals surface area contributed by atoms with Crippen LogP contribution < -0.4 is 16.4 Å². The highest BCUT2D eigenvalue weighted by molar-refractivity contribution is 5.91. The van der Waals surface area contributed by atoms with Crippen LogP contribution in [0.25, 0.3) is 0 Å². The van der Waals surface area contributed by atoms with E-state index in [0.717, 1.165) is 0 Å². The van der Waals surface area contributed by atoms with Crippen molar-refractivity contribution in [2.45, 2.75) is 51.7 Å². The number of rotatable bonds is 9. The van der Waals surface area contributed by atoms with Gasteiger partial charge in [-0.15, -0.1) is 0 Å². The van der Waals surface area contributed by atoms with E-state index in [1.807, 2.05) is 6.92 Å². The number of hydrogen-bond acceptors (Lipinski definition) is 5. The normalized spacial score (nSPS) is 15.4. The van der Waals surface area contributed by atoms with Gasteiger partial charge < -0.3 is 26.6 Å². The minimum absolute atomic E-state index is 0.0514. The average molecular weight is 365 g/mol. The molecule has 144 valence electrons. The Kier molecular flexibility index (Phi) is 8.05. The molecule has 0 fully saturated rings. The number of phenolic OH excluding ortho intramolecular Hbond substituents is 1. The van der Waals surface area contributed by atoms with Gasteiger partial charge in [0.1, 0.15) is 17.8 Å². The number of aliphatic carboxylic acids is 1. The van der Waals surface area contributed by atoms with E-state index in [0.29, 0.717) is 12.0 Å². The lowest BCUT2D eigenvalue weighted by Crippen LogP contribution is -2.56. The molecule has 0 aromatic heterocycles. The summed E-state index contributed by atoms with van der Waals surface area (Å²) in [5, 5.41) is 23.8. The zero-order valence-electron chi connectivity index (χ0n) is 15.2. The smallest absolute Gasteiger partial charge is 0.326 e. The minimum atomic E-state index is -1.19. The predicted molar refractivity (Wildman–Crippen MR) is 96.4 cm³/mol. The van der Waals surface area contributed by atoms with Crippen LogP contribution in [0, 0.1) is 5.92 Å². The van der Waals surface area contributed by atoms with Gasteiger partial charge in [0.2, 0.25) is 11.8 Å². The van der Waals surface area contributed by atoms with Crippen LogP contribution in [0.2, 0.25) is 0 Å². The number of carboxylic acid groups (broad SMARTS) is 1. The van der Waals surface area contributed by atoms with Gasteiger partial charge in [0, 0.05) is 6.42 Å². The predicted octanol–water partition coefficient (Wildman–Crippen LogP) is 0.382. The zero-order valence-corrected chi connectivity index (χ0v) is 15.2. The van der Waals surface area contributed by atoms with Crippen molar-refractivity contribution in [3.63, 3.8) is 0 Å². The number of carboxylic acids is 1. The first-order valence-corrected chi connectivity index (χ1v) is 8.52. The SMILES string of the molecule is CCC(C)C(NC(=O)C(C)N)C(=O)NC(Cc1ccc(O)cc1)C(=O)O. The fourth-order valence-corrected chi connectivity index (χ4v) is 2.32. The molecule has 1 aromatic rings. The Bertz CT molecular complexity index is 630. The monoisotopic (exact) mass is 365 g/mol.